The van der Waals surface area contributed by atoms with Crippen molar-refractivity contribution in [3.8, 4) is 33.9 Å². The first-order valence-corrected chi connectivity index (χ1v) is 21.6. The van der Waals surface area contributed by atoms with Crippen molar-refractivity contribution < 1.29 is 25.2 Å². The Hall–Kier alpha value is -6.68. The Morgan fingerprint density at radius 1 is 0.508 bits per heavy atom. The van der Waals surface area contributed by atoms with Gasteiger partial charge in [0.15, 0.2) is 0 Å². The summed E-state index contributed by atoms with van der Waals surface area (Å²) in [5, 5.41) is 5.13. The molecule has 3 heterocycles. The number of nitrogens with zero attached hydrogens (tertiary/aromatic N) is 3. The third-order valence-corrected chi connectivity index (χ3v) is 16.4. The molecule has 6 heteroatoms. The van der Waals surface area contributed by atoms with E-state index in [1.165, 1.54) is 48.6 Å². The Bertz CT molecular complexity index is 2890. The SMILES string of the molecule is [Pd+2].[c-]1c(Oc2[c-]c3c(cc2)[Si](c2ccccc2)(c2ccccc2)c2ccc4c(c2N3c2ccccn2)C(c2ccccc2)c2ccccc2-4)cccc1-c1ccccn1. The summed E-state index contributed by atoms with van der Waals surface area (Å²) in [6.45, 7) is 0. The van der Waals surface area contributed by atoms with Gasteiger partial charge < -0.3 is 14.6 Å². The van der Waals surface area contributed by atoms with Crippen LogP contribution in [0.15, 0.2) is 207 Å². The molecule has 0 bridgehead atoms. The van der Waals surface area contributed by atoms with Crippen LogP contribution in [0.4, 0.5) is 17.2 Å². The molecule has 2 aliphatic rings. The Morgan fingerprint density at radius 3 is 1.86 bits per heavy atom. The average molecular weight is 864 g/mol. The van der Waals surface area contributed by atoms with Crippen LogP contribution in [0, 0.1) is 12.1 Å². The molecule has 0 spiro atoms. The first kappa shape index (κ1) is 36.6. The second-order valence-electron chi connectivity index (χ2n) is 14.7. The van der Waals surface area contributed by atoms with E-state index in [-0.39, 0.29) is 26.3 Å². The molecular weight excluding hydrogens is 829 g/mol. The standard InChI is InChI=1S/C53H35N3OSi.Pd/c1-4-17-37(18-5-1)51-44-26-11-10-25-43(44)45-30-32-49-53(52(45)51)56(50-28-13-15-34-55-50)47-36-40(57-39-20-16-19-38(35-39)46-27-12-14-33-54-46)29-31-48(47)58(49,41-21-6-2-7-22-41)42-23-8-3-9-24-42;/h1-34,51H;/q-2;+2. The molecule has 0 radical (unpaired) electrons. The number of benzene rings is 7. The zero-order valence-electron chi connectivity index (χ0n) is 31.8. The van der Waals surface area contributed by atoms with Crippen LogP contribution in [-0.4, -0.2) is 18.0 Å². The topological polar surface area (TPSA) is 38.2 Å². The zero-order chi connectivity index (χ0) is 38.5. The monoisotopic (exact) mass is 863 g/mol. The Morgan fingerprint density at radius 2 is 1.15 bits per heavy atom. The molecule has 1 atom stereocenters. The second kappa shape index (κ2) is 15.2. The summed E-state index contributed by atoms with van der Waals surface area (Å²) >= 11 is 0. The molecular formula is C53H35N3OPdSi. The molecule has 7 aromatic carbocycles. The van der Waals surface area contributed by atoms with Crippen molar-refractivity contribution in [3.05, 3.63) is 235 Å². The third-order valence-electron chi connectivity index (χ3n) is 11.6. The van der Waals surface area contributed by atoms with E-state index in [4.69, 9.17) is 9.72 Å². The fourth-order valence-corrected chi connectivity index (χ4v) is 14.3. The van der Waals surface area contributed by atoms with Crippen LogP contribution in [0.25, 0.3) is 22.4 Å². The van der Waals surface area contributed by atoms with Gasteiger partial charge in [0.2, 0.25) is 0 Å². The van der Waals surface area contributed by atoms with Gasteiger partial charge in [0.25, 0.3) is 0 Å². The number of anilines is 3. The summed E-state index contributed by atoms with van der Waals surface area (Å²) in [7, 11) is -3.07. The van der Waals surface area contributed by atoms with Gasteiger partial charge in [-0.3, -0.25) is 0 Å². The van der Waals surface area contributed by atoms with Crippen molar-refractivity contribution >= 4 is 46.0 Å². The van der Waals surface area contributed by atoms with E-state index >= 15 is 0 Å². The van der Waals surface area contributed by atoms with Gasteiger partial charge in [0, 0.05) is 35.5 Å². The fourth-order valence-electron chi connectivity index (χ4n) is 9.26. The van der Waals surface area contributed by atoms with Crippen molar-refractivity contribution in [3.63, 3.8) is 0 Å². The van der Waals surface area contributed by atoms with Gasteiger partial charge in [-0.1, -0.05) is 168 Å². The number of hydrogen-bond donors (Lipinski definition) is 0. The van der Waals surface area contributed by atoms with Crippen LogP contribution in [-0.2, 0) is 20.4 Å². The summed E-state index contributed by atoms with van der Waals surface area (Å²) in [4.78, 5) is 12.0. The minimum atomic E-state index is -3.07. The average Bonchev–Trinajstić information content (AvgIpc) is 3.64. The molecule has 11 rings (SSSR count). The maximum atomic E-state index is 6.72. The fraction of sp³-hybridized carbons (Fsp3) is 0.0189. The van der Waals surface area contributed by atoms with E-state index in [1.807, 2.05) is 48.7 Å². The number of hydrogen-bond acceptors (Lipinski definition) is 4. The van der Waals surface area contributed by atoms with Crippen LogP contribution in [0.5, 0.6) is 11.5 Å². The molecule has 282 valence electrons. The molecule has 0 saturated heterocycles. The summed E-state index contributed by atoms with van der Waals surface area (Å²) in [6, 6.07) is 76.6. The van der Waals surface area contributed by atoms with E-state index in [9.17, 15) is 0 Å². The smallest absolute Gasteiger partial charge is 0.503 e. The summed E-state index contributed by atoms with van der Waals surface area (Å²) < 4.78 is 6.72. The van der Waals surface area contributed by atoms with E-state index in [0.29, 0.717) is 11.5 Å². The van der Waals surface area contributed by atoms with Crippen molar-refractivity contribution in [1.82, 2.24) is 9.97 Å². The van der Waals surface area contributed by atoms with Gasteiger partial charge in [-0.05, 0) is 56.9 Å². The van der Waals surface area contributed by atoms with Gasteiger partial charge in [-0.25, -0.2) is 4.98 Å². The minimum Gasteiger partial charge on any atom is -0.503 e. The molecule has 0 fully saturated rings. The van der Waals surface area contributed by atoms with Crippen molar-refractivity contribution in [2.24, 2.45) is 0 Å². The summed E-state index contributed by atoms with van der Waals surface area (Å²) in [6.07, 6.45) is 3.68. The molecule has 0 N–H and O–H groups in total. The number of aromatic nitrogens is 2. The predicted octanol–water partition coefficient (Wildman–Crippen LogP) is 9.85. The minimum absolute atomic E-state index is 0. The molecule has 9 aromatic rings. The molecule has 2 aromatic heterocycles. The number of pyridine rings is 2. The first-order chi connectivity index (χ1) is 28.8. The molecule has 1 aliphatic heterocycles. The third kappa shape index (κ3) is 5.99. The van der Waals surface area contributed by atoms with Gasteiger partial charge >= 0.3 is 20.4 Å². The summed E-state index contributed by atoms with van der Waals surface area (Å²) in [5.41, 5.74) is 10.1. The Kier molecular flexibility index (Phi) is 9.47. The van der Waals surface area contributed by atoms with Crippen molar-refractivity contribution in [1.29, 1.82) is 0 Å². The van der Waals surface area contributed by atoms with Gasteiger partial charge in [-0.15, -0.1) is 41.1 Å². The van der Waals surface area contributed by atoms with Gasteiger partial charge in [0.05, 0.1) is 0 Å². The van der Waals surface area contributed by atoms with Crippen LogP contribution in [0.2, 0.25) is 0 Å². The number of rotatable bonds is 7. The van der Waals surface area contributed by atoms with E-state index < -0.39 is 8.07 Å². The van der Waals surface area contributed by atoms with Crippen molar-refractivity contribution in [2.45, 2.75) is 5.92 Å². The molecule has 4 nitrogen and oxygen atoms in total. The maximum absolute atomic E-state index is 6.72. The van der Waals surface area contributed by atoms with Crippen LogP contribution >= 0.6 is 0 Å². The zero-order valence-corrected chi connectivity index (χ0v) is 34.3. The largest absolute Gasteiger partial charge is 2.00 e. The predicted molar refractivity (Wildman–Crippen MR) is 236 cm³/mol. The van der Waals surface area contributed by atoms with E-state index in [0.717, 1.165) is 28.5 Å². The van der Waals surface area contributed by atoms with E-state index in [2.05, 4.69) is 174 Å². The van der Waals surface area contributed by atoms with Crippen molar-refractivity contribution in [2.75, 3.05) is 4.90 Å². The quantitative estimate of drug-likeness (QED) is 0.118. The van der Waals surface area contributed by atoms with Gasteiger partial charge in [0.1, 0.15) is 13.9 Å². The summed E-state index contributed by atoms with van der Waals surface area (Å²) in [5.74, 6) is 2.01. The maximum Gasteiger partial charge on any atom is 2.00 e. The Labute approximate surface area is 359 Å². The first-order valence-electron chi connectivity index (χ1n) is 19.6. The molecule has 0 saturated carbocycles. The van der Waals surface area contributed by atoms with Crippen LogP contribution in [0.1, 0.15) is 22.6 Å². The Balaban J connectivity index is 0.00000420. The molecule has 59 heavy (non-hydrogen) atoms. The normalized spacial score (nSPS) is 14.2. The van der Waals surface area contributed by atoms with Gasteiger partial charge in [-0.2, -0.15) is 6.07 Å². The second-order valence-corrected chi connectivity index (χ2v) is 18.4. The van der Waals surface area contributed by atoms with Crippen LogP contribution < -0.4 is 30.4 Å². The number of fused-ring (bicyclic) bond motifs is 6. The molecule has 1 unspecified atom stereocenters. The molecule has 1 aliphatic carbocycles. The number of ether oxygens (including phenoxy) is 1. The van der Waals surface area contributed by atoms with E-state index in [1.54, 1.807) is 6.20 Å². The molecule has 0 amide bonds. The van der Waals surface area contributed by atoms with Crippen LogP contribution in [0.3, 0.4) is 0 Å².